The molecule has 0 radical (unpaired) electrons. The maximum absolute atomic E-state index is 14.4. The van der Waals surface area contributed by atoms with Gasteiger partial charge in [-0.3, -0.25) is 4.55 Å². The first kappa shape index (κ1) is 17.3. The van der Waals surface area contributed by atoms with Crippen LogP contribution in [-0.2, 0) is 14.9 Å². The molecule has 0 saturated heterocycles. The minimum atomic E-state index is -6.40. The monoisotopic (exact) mass is 364 g/mol. The van der Waals surface area contributed by atoms with Crippen molar-refractivity contribution < 1.29 is 39.7 Å². The summed E-state index contributed by atoms with van der Waals surface area (Å²) in [5, 5.41) is -5.75. The van der Waals surface area contributed by atoms with Crippen molar-refractivity contribution >= 4 is 10.1 Å². The molecule has 0 aromatic carbocycles. The van der Waals surface area contributed by atoms with Crippen molar-refractivity contribution in [3.05, 3.63) is 0 Å². The summed E-state index contributed by atoms with van der Waals surface area (Å²) in [6, 6.07) is 0. The van der Waals surface area contributed by atoms with Crippen LogP contribution < -0.4 is 0 Å². The minimum Gasteiger partial charge on any atom is -0.329 e. The van der Waals surface area contributed by atoms with Crippen LogP contribution in [0.3, 0.4) is 0 Å². The van der Waals surface area contributed by atoms with E-state index in [0.29, 0.717) is 0 Å². The lowest BCUT2D eigenvalue weighted by Gasteiger charge is -2.57. The van der Waals surface area contributed by atoms with Gasteiger partial charge in [0, 0.05) is 0 Å². The Hall–Kier alpha value is -0.480. The van der Waals surface area contributed by atoms with Gasteiger partial charge in [0.1, 0.15) is 0 Å². The van der Waals surface area contributed by atoms with E-state index in [-0.39, 0.29) is 37.0 Å². The van der Waals surface area contributed by atoms with E-state index >= 15 is 0 Å². The van der Waals surface area contributed by atoms with Gasteiger partial charge in [-0.25, -0.2) is 8.78 Å². The Balaban J connectivity index is 1.95. The highest BCUT2D eigenvalue weighted by Gasteiger charge is 2.73. The second-order valence-electron chi connectivity index (χ2n) is 7.14. The topological polar surface area (TPSA) is 63.6 Å². The van der Waals surface area contributed by atoms with E-state index in [9.17, 15) is 30.4 Å². The van der Waals surface area contributed by atoms with Crippen LogP contribution in [0.5, 0.6) is 0 Å². The lowest BCUT2D eigenvalue weighted by atomic mass is 9.54. The van der Waals surface area contributed by atoms with Crippen molar-refractivity contribution in [3.63, 3.8) is 0 Å². The summed E-state index contributed by atoms with van der Waals surface area (Å²) in [5.41, 5.74) is -1.52. The van der Waals surface area contributed by atoms with E-state index in [1.165, 1.54) is 0 Å². The van der Waals surface area contributed by atoms with E-state index in [0.717, 1.165) is 19.3 Å². The maximum Gasteiger partial charge on any atom is 0.432 e. The molecule has 1 unspecified atom stereocenters. The standard InChI is InChI=1S/C13H17F5O4S/c14-10(15)12(16,13(17,18)23(19,20)21)22-11-4-7-1-8(5-11)3-9(2-7)6-11/h7-10H,1-6H2,(H,19,20,21). The quantitative estimate of drug-likeness (QED) is 0.600. The Morgan fingerprint density at radius 3 is 1.70 bits per heavy atom. The Morgan fingerprint density at radius 2 is 1.39 bits per heavy atom. The zero-order valence-corrected chi connectivity index (χ0v) is 12.8. The zero-order valence-electron chi connectivity index (χ0n) is 12.0. The molecule has 0 aromatic heterocycles. The van der Waals surface area contributed by atoms with Gasteiger partial charge in [0.05, 0.1) is 5.60 Å². The lowest BCUT2D eigenvalue weighted by Crippen LogP contribution is -2.63. The molecule has 4 bridgehead atoms. The molecular formula is C13H17F5O4S. The second-order valence-corrected chi connectivity index (χ2v) is 8.60. The minimum absolute atomic E-state index is 0.0857. The average Bonchev–Trinajstić information content (AvgIpc) is 2.34. The zero-order chi connectivity index (χ0) is 17.3. The van der Waals surface area contributed by atoms with Crippen molar-refractivity contribution in [2.75, 3.05) is 0 Å². The van der Waals surface area contributed by atoms with Crippen LogP contribution >= 0.6 is 0 Å². The van der Waals surface area contributed by atoms with Crippen LogP contribution in [0.15, 0.2) is 0 Å². The highest BCUT2D eigenvalue weighted by atomic mass is 32.2. The number of hydrogen-bond donors (Lipinski definition) is 1. The molecular weight excluding hydrogens is 347 g/mol. The third-order valence-corrected chi connectivity index (χ3v) is 6.27. The molecule has 0 aliphatic heterocycles. The molecule has 1 atom stereocenters. The smallest absolute Gasteiger partial charge is 0.329 e. The predicted molar refractivity (Wildman–Crippen MR) is 68.3 cm³/mol. The van der Waals surface area contributed by atoms with Crippen LogP contribution in [0, 0.1) is 17.8 Å². The van der Waals surface area contributed by atoms with Crippen molar-refractivity contribution in [2.24, 2.45) is 17.8 Å². The summed E-state index contributed by atoms with van der Waals surface area (Å²) in [6.07, 6.45) is -1.49. The number of halogens is 5. The van der Waals surface area contributed by atoms with Gasteiger partial charge >= 0.3 is 27.7 Å². The van der Waals surface area contributed by atoms with Crippen molar-refractivity contribution in [3.8, 4) is 0 Å². The van der Waals surface area contributed by atoms with Gasteiger partial charge in [-0.15, -0.1) is 0 Å². The van der Waals surface area contributed by atoms with Gasteiger partial charge in [0.2, 0.25) is 0 Å². The van der Waals surface area contributed by atoms with Crippen molar-refractivity contribution in [1.29, 1.82) is 0 Å². The molecule has 134 valence electrons. The SMILES string of the molecule is O=S(=O)(O)C(F)(F)C(F)(OC12CC3CC(CC(C3)C1)C2)C(F)F. The fourth-order valence-electron chi connectivity index (χ4n) is 4.88. The molecule has 1 N–H and O–H groups in total. The lowest BCUT2D eigenvalue weighted by molar-refractivity contribution is -0.355. The van der Waals surface area contributed by atoms with E-state index in [1.54, 1.807) is 0 Å². The number of hydrogen-bond acceptors (Lipinski definition) is 3. The van der Waals surface area contributed by atoms with E-state index in [2.05, 4.69) is 4.74 Å². The van der Waals surface area contributed by atoms with Crippen LogP contribution in [0.4, 0.5) is 22.0 Å². The first-order valence-corrected chi connectivity index (χ1v) is 8.85. The summed E-state index contributed by atoms with van der Waals surface area (Å²) in [7, 11) is -6.40. The normalized spacial score (nSPS) is 39.7. The van der Waals surface area contributed by atoms with E-state index < -0.39 is 33.3 Å². The predicted octanol–water partition coefficient (Wildman–Crippen LogP) is 3.38. The van der Waals surface area contributed by atoms with Gasteiger partial charge in [-0.1, -0.05) is 0 Å². The van der Waals surface area contributed by atoms with Gasteiger partial charge in [0.15, 0.2) is 0 Å². The van der Waals surface area contributed by atoms with Crippen LogP contribution in [0.25, 0.3) is 0 Å². The Kier molecular flexibility index (Phi) is 3.78. The second kappa shape index (κ2) is 5.01. The van der Waals surface area contributed by atoms with Gasteiger partial charge in [-0.2, -0.15) is 21.6 Å². The highest BCUT2D eigenvalue weighted by Crippen LogP contribution is 2.59. The molecule has 4 aliphatic carbocycles. The molecule has 4 aliphatic rings. The summed E-state index contributed by atoms with van der Waals surface area (Å²) < 4.78 is 102. The van der Waals surface area contributed by atoms with E-state index in [1.807, 2.05) is 0 Å². The molecule has 4 saturated carbocycles. The number of alkyl halides is 5. The fraction of sp³-hybridized carbons (Fsp3) is 1.00. The molecule has 0 amide bonds. The van der Waals surface area contributed by atoms with Crippen molar-refractivity contribution in [1.82, 2.24) is 0 Å². The fourth-order valence-corrected chi connectivity index (χ4v) is 5.36. The Bertz CT molecular complexity index is 558. The van der Waals surface area contributed by atoms with Crippen molar-refractivity contribution in [2.45, 2.75) is 61.7 Å². The van der Waals surface area contributed by atoms with Gasteiger partial charge in [-0.05, 0) is 56.3 Å². The molecule has 0 heterocycles. The molecule has 10 heteroatoms. The Labute approximate surface area is 130 Å². The molecule has 4 rings (SSSR count). The number of ether oxygens (including phenoxy) is 1. The summed E-state index contributed by atoms with van der Waals surface area (Å²) in [4.78, 5) is 0. The van der Waals surface area contributed by atoms with Crippen LogP contribution in [0.1, 0.15) is 38.5 Å². The third-order valence-electron chi connectivity index (χ3n) is 5.35. The molecule has 0 spiro atoms. The average molecular weight is 364 g/mol. The molecule has 4 fully saturated rings. The Morgan fingerprint density at radius 1 is 1.00 bits per heavy atom. The first-order chi connectivity index (χ1) is 10.4. The van der Waals surface area contributed by atoms with Gasteiger partial charge < -0.3 is 4.74 Å². The van der Waals surface area contributed by atoms with E-state index in [4.69, 9.17) is 4.55 Å². The molecule has 23 heavy (non-hydrogen) atoms. The van der Waals surface area contributed by atoms with Crippen LogP contribution in [0.2, 0.25) is 0 Å². The summed E-state index contributed by atoms with van der Waals surface area (Å²) in [5.74, 6) is -4.82. The number of rotatable bonds is 5. The largest absolute Gasteiger partial charge is 0.432 e. The third kappa shape index (κ3) is 2.57. The van der Waals surface area contributed by atoms with Gasteiger partial charge in [0.25, 0.3) is 0 Å². The highest BCUT2D eigenvalue weighted by molar-refractivity contribution is 7.87. The molecule has 0 aromatic rings. The maximum atomic E-state index is 14.4. The molecule has 4 nitrogen and oxygen atoms in total. The van der Waals surface area contributed by atoms with Crippen LogP contribution in [-0.4, -0.2) is 36.1 Å². The first-order valence-electron chi connectivity index (χ1n) is 7.41. The summed E-state index contributed by atoms with van der Waals surface area (Å²) >= 11 is 0. The summed E-state index contributed by atoms with van der Waals surface area (Å²) in [6.45, 7) is 0.